The van der Waals surface area contributed by atoms with Gasteiger partial charge in [-0.2, -0.15) is 0 Å². The van der Waals surface area contributed by atoms with Crippen LogP contribution in [0.4, 0.5) is 4.39 Å². The van der Waals surface area contributed by atoms with Gasteiger partial charge < -0.3 is 4.74 Å². The maximum Gasteiger partial charge on any atom is 0.358 e. The molecular formula is C13H9BrFNO3S. The zero-order valence-corrected chi connectivity index (χ0v) is 13.0. The first-order valence-corrected chi connectivity index (χ1v) is 7.10. The van der Waals surface area contributed by atoms with Crippen molar-refractivity contribution in [3.8, 4) is 10.6 Å². The van der Waals surface area contributed by atoms with E-state index in [0.717, 1.165) is 11.3 Å². The molecule has 20 heavy (non-hydrogen) atoms. The Morgan fingerprint density at radius 3 is 2.65 bits per heavy atom. The van der Waals surface area contributed by atoms with E-state index in [0.29, 0.717) is 15.0 Å². The van der Waals surface area contributed by atoms with E-state index < -0.39 is 11.8 Å². The number of benzene rings is 1. The van der Waals surface area contributed by atoms with Crippen LogP contribution in [0.1, 0.15) is 27.1 Å². The minimum atomic E-state index is -0.685. The van der Waals surface area contributed by atoms with Gasteiger partial charge in [-0.05, 0) is 28.1 Å². The summed E-state index contributed by atoms with van der Waals surface area (Å²) in [6.07, 6.45) is 0. The number of ketones is 1. The summed E-state index contributed by atoms with van der Waals surface area (Å²) < 4.78 is 18.4. The molecule has 0 amide bonds. The Hall–Kier alpha value is -1.60. The minimum absolute atomic E-state index is 0.0386. The largest absolute Gasteiger partial charge is 0.464 e. The number of ether oxygens (including phenoxy) is 1. The molecule has 0 aliphatic rings. The molecule has 1 aromatic carbocycles. The van der Waals surface area contributed by atoms with Crippen LogP contribution in [0.2, 0.25) is 0 Å². The third kappa shape index (κ3) is 2.78. The van der Waals surface area contributed by atoms with E-state index in [-0.39, 0.29) is 16.4 Å². The lowest BCUT2D eigenvalue weighted by atomic mass is 10.2. The van der Waals surface area contributed by atoms with Crippen molar-refractivity contribution in [2.45, 2.75) is 6.92 Å². The number of carbonyl (C=O) groups is 2. The number of nitrogens with zero attached hydrogens (tertiary/aromatic N) is 1. The molecule has 4 nitrogen and oxygen atoms in total. The summed E-state index contributed by atoms with van der Waals surface area (Å²) in [5, 5.41) is 0.391. The Kier molecular flexibility index (Phi) is 4.29. The third-order valence-electron chi connectivity index (χ3n) is 2.49. The highest BCUT2D eigenvalue weighted by Crippen LogP contribution is 2.31. The van der Waals surface area contributed by atoms with Crippen molar-refractivity contribution in [1.29, 1.82) is 0 Å². The van der Waals surface area contributed by atoms with Crippen molar-refractivity contribution in [2.24, 2.45) is 0 Å². The number of carbonyl (C=O) groups excluding carboxylic acids is 2. The molecule has 0 spiro atoms. The SMILES string of the molecule is COC(=O)c1nc(-c2ccc(Br)c(F)c2)sc1C(C)=O. The van der Waals surface area contributed by atoms with Gasteiger partial charge in [0.2, 0.25) is 0 Å². The van der Waals surface area contributed by atoms with Crippen LogP contribution >= 0.6 is 27.3 Å². The smallest absolute Gasteiger partial charge is 0.358 e. The average Bonchev–Trinajstić information content (AvgIpc) is 2.86. The number of esters is 1. The highest BCUT2D eigenvalue weighted by molar-refractivity contribution is 9.10. The van der Waals surface area contributed by atoms with Gasteiger partial charge in [0.1, 0.15) is 15.7 Å². The molecule has 0 unspecified atom stereocenters. The van der Waals surface area contributed by atoms with Crippen molar-refractivity contribution in [3.05, 3.63) is 39.1 Å². The second-order valence-corrected chi connectivity index (χ2v) is 5.73. The zero-order valence-electron chi connectivity index (χ0n) is 10.6. The van der Waals surface area contributed by atoms with E-state index >= 15 is 0 Å². The molecule has 0 aliphatic carbocycles. The molecule has 0 aliphatic heterocycles. The molecule has 0 atom stereocenters. The van der Waals surface area contributed by atoms with Crippen molar-refractivity contribution in [1.82, 2.24) is 4.98 Å². The summed E-state index contributed by atoms with van der Waals surface area (Å²) in [4.78, 5) is 27.4. The van der Waals surface area contributed by atoms with Gasteiger partial charge in [-0.25, -0.2) is 14.2 Å². The van der Waals surface area contributed by atoms with Gasteiger partial charge in [-0.1, -0.05) is 6.07 Å². The second kappa shape index (κ2) is 5.80. The molecule has 104 valence electrons. The summed E-state index contributed by atoms with van der Waals surface area (Å²) in [5.74, 6) is -1.41. The Balaban J connectivity index is 2.55. The van der Waals surface area contributed by atoms with Gasteiger partial charge in [-0.15, -0.1) is 11.3 Å². The lowest BCUT2D eigenvalue weighted by molar-refractivity contribution is 0.0591. The maximum atomic E-state index is 13.5. The van der Waals surface area contributed by atoms with Crippen LogP contribution in [0.5, 0.6) is 0 Å². The number of methoxy groups -OCH3 is 1. The molecule has 0 saturated heterocycles. The fraction of sp³-hybridized carbons (Fsp3) is 0.154. The molecular weight excluding hydrogens is 349 g/mol. The predicted octanol–water partition coefficient (Wildman–Crippen LogP) is 3.70. The fourth-order valence-electron chi connectivity index (χ4n) is 1.55. The lowest BCUT2D eigenvalue weighted by Crippen LogP contribution is -2.06. The van der Waals surface area contributed by atoms with Crippen molar-refractivity contribution < 1.29 is 18.7 Å². The topological polar surface area (TPSA) is 56.3 Å². The summed E-state index contributed by atoms with van der Waals surface area (Å²) in [6.45, 7) is 1.34. The van der Waals surface area contributed by atoms with Gasteiger partial charge in [0.25, 0.3) is 0 Å². The standard InChI is InChI=1S/C13H9BrFNO3S/c1-6(17)11-10(13(18)19-2)16-12(20-11)7-3-4-8(14)9(15)5-7/h3-5H,1-2H3. The summed E-state index contributed by atoms with van der Waals surface area (Å²) in [6, 6.07) is 4.47. The predicted molar refractivity (Wildman–Crippen MR) is 76.6 cm³/mol. The van der Waals surface area contributed by atoms with Crippen molar-refractivity contribution in [2.75, 3.05) is 7.11 Å². The van der Waals surface area contributed by atoms with Gasteiger partial charge in [0.05, 0.1) is 11.6 Å². The molecule has 1 aromatic heterocycles. The lowest BCUT2D eigenvalue weighted by Gasteiger charge is -1.98. The molecule has 1 heterocycles. The zero-order chi connectivity index (χ0) is 14.9. The van der Waals surface area contributed by atoms with E-state index in [1.54, 1.807) is 6.07 Å². The van der Waals surface area contributed by atoms with Crippen LogP contribution in [0.25, 0.3) is 10.6 Å². The quantitative estimate of drug-likeness (QED) is 0.620. The van der Waals surface area contributed by atoms with E-state index in [1.165, 1.54) is 26.2 Å². The van der Waals surface area contributed by atoms with E-state index in [9.17, 15) is 14.0 Å². The first-order valence-electron chi connectivity index (χ1n) is 5.49. The Morgan fingerprint density at radius 1 is 1.40 bits per heavy atom. The minimum Gasteiger partial charge on any atom is -0.464 e. The first kappa shape index (κ1) is 14.8. The number of aromatic nitrogens is 1. The molecule has 2 aromatic rings. The number of hydrogen-bond donors (Lipinski definition) is 0. The van der Waals surface area contributed by atoms with Gasteiger partial charge >= 0.3 is 5.97 Å². The average molecular weight is 358 g/mol. The highest BCUT2D eigenvalue weighted by Gasteiger charge is 2.22. The van der Waals surface area contributed by atoms with Crippen molar-refractivity contribution >= 4 is 39.0 Å². The van der Waals surface area contributed by atoms with Crippen LogP contribution < -0.4 is 0 Å². The van der Waals surface area contributed by atoms with Crippen LogP contribution in [-0.4, -0.2) is 23.8 Å². The van der Waals surface area contributed by atoms with E-state index in [1.807, 2.05) is 0 Å². The van der Waals surface area contributed by atoms with Crippen LogP contribution in [-0.2, 0) is 4.74 Å². The number of thiazole rings is 1. The number of hydrogen-bond acceptors (Lipinski definition) is 5. The second-order valence-electron chi connectivity index (χ2n) is 3.87. The Bertz CT molecular complexity index is 699. The molecule has 0 fully saturated rings. The molecule has 7 heteroatoms. The fourth-order valence-corrected chi connectivity index (χ4v) is 2.74. The van der Waals surface area contributed by atoms with Crippen LogP contribution in [0.15, 0.2) is 22.7 Å². The van der Waals surface area contributed by atoms with Gasteiger partial charge in [0, 0.05) is 12.5 Å². The summed E-state index contributed by atoms with van der Waals surface area (Å²) in [7, 11) is 1.21. The molecule has 0 N–H and O–H groups in total. The summed E-state index contributed by atoms with van der Waals surface area (Å²) in [5.41, 5.74) is 0.455. The highest BCUT2D eigenvalue weighted by atomic mass is 79.9. The maximum absolute atomic E-state index is 13.5. The van der Waals surface area contributed by atoms with Crippen LogP contribution in [0.3, 0.4) is 0 Å². The van der Waals surface area contributed by atoms with Crippen LogP contribution in [0, 0.1) is 5.82 Å². The molecule has 0 bridgehead atoms. The number of rotatable bonds is 3. The molecule has 0 radical (unpaired) electrons. The number of halogens is 2. The van der Waals surface area contributed by atoms with Crippen molar-refractivity contribution in [3.63, 3.8) is 0 Å². The molecule has 0 saturated carbocycles. The van der Waals surface area contributed by atoms with E-state index in [2.05, 4.69) is 25.7 Å². The van der Waals surface area contributed by atoms with E-state index in [4.69, 9.17) is 0 Å². The Morgan fingerprint density at radius 2 is 2.10 bits per heavy atom. The van der Waals surface area contributed by atoms with Gasteiger partial charge in [-0.3, -0.25) is 4.79 Å². The summed E-state index contributed by atoms with van der Waals surface area (Å²) >= 11 is 4.09. The normalized spacial score (nSPS) is 10.4. The molecule has 2 rings (SSSR count). The van der Waals surface area contributed by atoms with Gasteiger partial charge in [0.15, 0.2) is 11.5 Å². The first-order chi connectivity index (χ1) is 9.43. The third-order valence-corrected chi connectivity index (χ3v) is 4.34. The Labute approximate surface area is 126 Å². The monoisotopic (exact) mass is 357 g/mol. The number of Topliss-reactive ketones (excluding diaryl/α,β-unsaturated/α-hetero) is 1.